The SMILES string of the molecule is CCCNC(Cn1cc(C)cnc1=O)C1CCCCC1. The van der Waals surface area contributed by atoms with Gasteiger partial charge in [0.15, 0.2) is 0 Å². The Bertz CT molecular complexity index is 463. The fourth-order valence-electron chi connectivity index (χ4n) is 3.15. The molecule has 1 aliphatic carbocycles. The first kappa shape index (κ1) is 15.2. The number of hydrogen-bond donors (Lipinski definition) is 1. The second-order valence-corrected chi connectivity index (χ2v) is 6.02. The van der Waals surface area contributed by atoms with Crippen LogP contribution in [0.25, 0.3) is 0 Å². The Labute approximate surface area is 121 Å². The number of aromatic nitrogens is 2. The molecule has 1 atom stereocenters. The summed E-state index contributed by atoms with van der Waals surface area (Å²) < 4.78 is 1.78. The van der Waals surface area contributed by atoms with Crippen molar-refractivity contribution in [3.8, 4) is 0 Å². The Morgan fingerprint density at radius 1 is 1.40 bits per heavy atom. The molecule has 0 bridgehead atoms. The second-order valence-electron chi connectivity index (χ2n) is 6.02. The number of rotatable bonds is 6. The van der Waals surface area contributed by atoms with Gasteiger partial charge in [-0.2, -0.15) is 0 Å². The van der Waals surface area contributed by atoms with Crippen LogP contribution < -0.4 is 11.0 Å². The molecule has 0 spiro atoms. The van der Waals surface area contributed by atoms with E-state index in [0.29, 0.717) is 12.0 Å². The van der Waals surface area contributed by atoms with Crippen molar-refractivity contribution in [2.75, 3.05) is 6.54 Å². The monoisotopic (exact) mass is 277 g/mol. The lowest BCUT2D eigenvalue weighted by Crippen LogP contribution is -2.43. The first-order chi connectivity index (χ1) is 9.70. The van der Waals surface area contributed by atoms with E-state index in [1.807, 2.05) is 13.1 Å². The van der Waals surface area contributed by atoms with Gasteiger partial charge in [-0.1, -0.05) is 26.2 Å². The first-order valence-electron chi connectivity index (χ1n) is 7.97. The largest absolute Gasteiger partial charge is 0.347 e. The third-order valence-corrected chi connectivity index (χ3v) is 4.25. The van der Waals surface area contributed by atoms with E-state index in [9.17, 15) is 4.79 Å². The minimum atomic E-state index is -0.130. The summed E-state index contributed by atoms with van der Waals surface area (Å²) in [6.07, 6.45) is 11.3. The van der Waals surface area contributed by atoms with Crippen molar-refractivity contribution in [2.24, 2.45) is 5.92 Å². The highest BCUT2D eigenvalue weighted by Gasteiger charge is 2.23. The molecule has 1 heterocycles. The molecule has 1 N–H and O–H groups in total. The van der Waals surface area contributed by atoms with Crippen LogP contribution >= 0.6 is 0 Å². The quantitative estimate of drug-likeness (QED) is 0.869. The Balaban J connectivity index is 2.09. The molecule has 0 amide bonds. The van der Waals surface area contributed by atoms with Crippen LogP contribution in [0.5, 0.6) is 0 Å². The van der Waals surface area contributed by atoms with Crippen LogP contribution in [0.1, 0.15) is 51.0 Å². The van der Waals surface area contributed by atoms with E-state index in [0.717, 1.165) is 25.1 Å². The molecule has 1 saturated carbocycles. The molecule has 2 rings (SSSR count). The zero-order chi connectivity index (χ0) is 14.4. The van der Waals surface area contributed by atoms with Crippen molar-refractivity contribution in [2.45, 2.75) is 65.0 Å². The van der Waals surface area contributed by atoms with E-state index in [1.165, 1.54) is 32.1 Å². The minimum absolute atomic E-state index is 0.130. The Kier molecular flexibility index (Phi) is 5.77. The molecule has 20 heavy (non-hydrogen) atoms. The third kappa shape index (κ3) is 4.17. The van der Waals surface area contributed by atoms with Crippen molar-refractivity contribution < 1.29 is 0 Å². The van der Waals surface area contributed by atoms with E-state index in [-0.39, 0.29) is 5.69 Å². The lowest BCUT2D eigenvalue weighted by molar-refractivity contribution is 0.246. The molecule has 1 fully saturated rings. The van der Waals surface area contributed by atoms with Gasteiger partial charge in [-0.3, -0.25) is 4.57 Å². The highest BCUT2D eigenvalue weighted by atomic mass is 16.1. The van der Waals surface area contributed by atoms with Crippen LogP contribution in [-0.4, -0.2) is 22.1 Å². The van der Waals surface area contributed by atoms with E-state index in [1.54, 1.807) is 10.8 Å². The molecule has 0 aromatic carbocycles. The third-order valence-electron chi connectivity index (χ3n) is 4.25. The zero-order valence-electron chi connectivity index (χ0n) is 12.8. The van der Waals surface area contributed by atoms with Gasteiger partial charge in [0.25, 0.3) is 0 Å². The van der Waals surface area contributed by atoms with Gasteiger partial charge in [0.2, 0.25) is 0 Å². The molecule has 4 heteroatoms. The summed E-state index contributed by atoms with van der Waals surface area (Å²) in [4.78, 5) is 15.8. The maximum atomic E-state index is 11.9. The van der Waals surface area contributed by atoms with Gasteiger partial charge in [-0.15, -0.1) is 0 Å². The average Bonchev–Trinajstić information content (AvgIpc) is 2.48. The standard InChI is InChI=1S/C16H27N3O/c1-3-9-17-15(14-7-5-4-6-8-14)12-19-11-13(2)10-18-16(19)20/h10-11,14-15,17H,3-9,12H2,1-2H3. The summed E-state index contributed by atoms with van der Waals surface area (Å²) in [5.74, 6) is 0.697. The Morgan fingerprint density at radius 3 is 2.85 bits per heavy atom. The van der Waals surface area contributed by atoms with E-state index in [4.69, 9.17) is 0 Å². The molecule has 1 aromatic heterocycles. The second kappa shape index (κ2) is 7.58. The van der Waals surface area contributed by atoms with Crippen LogP contribution in [0, 0.1) is 12.8 Å². The van der Waals surface area contributed by atoms with Crippen LogP contribution in [0.2, 0.25) is 0 Å². The molecule has 0 aliphatic heterocycles. The van der Waals surface area contributed by atoms with Gasteiger partial charge >= 0.3 is 5.69 Å². The van der Waals surface area contributed by atoms with Crippen LogP contribution in [0.15, 0.2) is 17.2 Å². The summed E-state index contributed by atoms with van der Waals surface area (Å²) in [6.45, 7) is 5.94. The molecule has 1 unspecified atom stereocenters. The topological polar surface area (TPSA) is 46.9 Å². The average molecular weight is 277 g/mol. The summed E-state index contributed by atoms with van der Waals surface area (Å²) >= 11 is 0. The lowest BCUT2D eigenvalue weighted by atomic mass is 9.83. The van der Waals surface area contributed by atoms with Crippen LogP contribution in [0.4, 0.5) is 0 Å². The highest BCUT2D eigenvalue weighted by Crippen LogP contribution is 2.27. The Hall–Kier alpha value is -1.16. The van der Waals surface area contributed by atoms with E-state index in [2.05, 4.69) is 17.2 Å². The summed E-state index contributed by atoms with van der Waals surface area (Å²) in [6, 6.07) is 0.400. The number of hydrogen-bond acceptors (Lipinski definition) is 3. The first-order valence-corrected chi connectivity index (χ1v) is 7.97. The van der Waals surface area contributed by atoms with Gasteiger partial charge in [0.05, 0.1) is 0 Å². The molecule has 4 nitrogen and oxygen atoms in total. The number of nitrogens with one attached hydrogen (secondary N) is 1. The minimum Gasteiger partial charge on any atom is -0.312 e. The zero-order valence-corrected chi connectivity index (χ0v) is 12.8. The summed E-state index contributed by atoms with van der Waals surface area (Å²) in [7, 11) is 0. The van der Waals surface area contributed by atoms with Crippen molar-refractivity contribution >= 4 is 0 Å². The van der Waals surface area contributed by atoms with Gasteiger partial charge in [-0.05, 0) is 44.2 Å². The Morgan fingerprint density at radius 2 is 2.15 bits per heavy atom. The fraction of sp³-hybridized carbons (Fsp3) is 0.750. The molecule has 112 valence electrons. The van der Waals surface area contributed by atoms with Crippen LogP contribution in [0.3, 0.4) is 0 Å². The lowest BCUT2D eigenvalue weighted by Gasteiger charge is -2.31. The summed E-state index contributed by atoms with van der Waals surface area (Å²) in [5.41, 5.74) is 0.914. The predicted octanol–water partition coefficient (Wildman–Crippen LogP) is 2.50. The fourth-order valence-corrected chi connectivity index (χ4v) is 3.15. The van der Waals surface area contributed by atoms with Crippen molar-refractivity contribution in [1.82, 2.24) is 14.9 Å². The van der Waals surface area contributed by atoms with Crippen molar-refractivity contribution in [1.29, 1.82) is 0 Å². The predicted molar refractivity (Wildman–Crippen MR) is 81.9 cm³/mol. The van der Waals surface area contributed by atoms with E-state index >= 15 is 0 Å². The summed E-state index contributed by atoms with van der Waals surface area (Å²) in [5, 5.41) is 3.65. The van der Waals surface area contributed by atoms with Gasteiger partial charge in [0.1, 0.15) is 0 Å². The molecule has 0 radical (unpaired) electrons. The molecule has 0 saturated heterocycles. The molecule has 1 aromatic rings. The smallest absolute Gasteiger partial charge is 0.312 e. The normalized spacial score (nSPS) is 18.1. The van der Waals surface area contributed by atoms with Crippen molar-refractivity contribution in [3.05, 3.63) is 28.4 Å². The number of nitrogens with zero attached hydrogens (tertiary/aromatic N) is 2. The van der Waals surface area contributed by atoms with E-state index < -0.39 is 0 Å². The van der Waals surface area contributed by atoms with Gasteiger partial charge in [0, 0.05) is 25.0 Å². The maximum absolute atomic E-state index is 11.9. The highest BCUT2D eigenvalue weighted by molar-refractivity contribution is 5.00. The number of aryl methyl sites for hydroxylation is 1. The maximum Gasteiger partial charge on any atom is 0.347 e. The van der Waals surface area contributed by atoms with Crippen molar-refractivity contribution in [3.63, 3.8) is 0 Å². The van der Waals surface area contributed by atoms with Gasteiger partial charge in [-0.25, -0.2) is 9.78 Å². The molecular weight excluding hydrogens is 250 g/mol. The molecular formula is C16H27N3O. The molecule has 1 aliphatic rings. The van der Waals surface area contributed by atoms with Gasteiger partial charge < -0.3 is 5.32 Å². The van der Waals surface area contributed by atoms with Crippen LogP contribution in [-0.2, 0) is 6.54 Å².